The maximum Gasteiger partial charge on any atom is 0.257 e. The zero-order chi connectivity index (χ0) is 19.9. The van der Waals surface area contributed by atoms with Gasteiger partial charge in [-0.1, -0.05) is 38.1 Å². The highest BCUT2D eigenvalue weighted by Gasteiger charge is 2.08. The summed E-state index contributed by atoms with van der Waals surface area (Å²) in [7, 11) is 1.65. The predicted octanol–water partition coefficient (Wildman–Crippen LogP) is 5.08. The number of methoxy groups -OCH3 is 1. The molecular weight excluding hydrogens is 350 g/mol. The van der Waals surface area contributed by atoms with Gasteiger partial charge in [-0.2, -0.15) is 0 Å². The third-order valence-electron chi connectivity index (χ3n) is 4.49. The molecule has 0 atom stereocenters. The number of carbonyl (C=O) groups is 1. The highest BCUT2D eigenvalue weighted by Crippen LogP contribution is 2.18. The van der Waals surface area contributed by atoms with E-state index < -0.39 is 0 Å². The molecule has 28 heavy (non-hydrogen) atoms. The van der Waals surface area contributed by atoms with Crippen LogP contribution in [0.15, 0.2) is 67.0 Å². The third-order valence-corrected chi connectivity index (χ3v) is 4.49. The van der Waals surface area contributed by atoms with Crippen molar-refractivity contribution in [3.63, 3.8) is 0 Å². The average Bonchev–Trinajstić information content (AvgIpc) is 2.73. The Morgan fingerprint density at radius 1 is 1.00 bits per heavy atom. The van der Waals surface area contributed by atoms with Crippen molar-refractivity contribution in [3.05, 3.63) is 83.7 Å². The Kier molecular flexibility index (Phi) is 6.27. The number of hydrogen-bond acceptors (Lipinski definition) is 4. The molecule has 0 unspecified atom stereocenters. The first-order chi connectivity index (χ1) is 13.5. The largest absolute Gasteiger partial charge is 0.497 e. The molecule has 5 nitrogen and oxygen atoms in total. The van der Waals surface area contributed by atoms with Crippen molar-refractivity contribution in [2.75, 3.05) is 17.7 Å². The van der Waals surface area contributed by atoms with Crippen LogP contribution < -0.4 is 15.4 Å². The molecule has 0 fully saturated rings. The van der Waals surface area contributed by atoms with Gasteiger partial charge in [0, 0.05) is 24.6 Å². The van der Waals surface area contributed by atoms with Crippen molar-refractivity contribution in [3.8, 4) is 5.75 Å². The summed E-state index contributed by atoms with van der Waals surface area (Å²) in [5.74, 6) is 1.10. The molecule has 0 bridgehead atoms. The van der Waals surface area contributed by atoms with Crippen molar-refractivity contribution < 1.29 is 9.53 Å². The maximum absolute atomic E-state index is 12.5. The van der Waals surface area contributed by atoms with E-state index in [0.717, 1.165) is 22.7 Å². The van der Waals surface area contributed by atoms with E-state index in [4.69, 9.17) is 4.74 Å². The van der Waals surface area contributed by atoms with E-state index in [1.54, 1.807) is 25.6 Å². The summed E-state index contributed by atoms with van der Waals surface area (Å²) < 4.78 is 5.17. The molecule has 3 aromatic rings. The number of ether oxygens (including phenoxy) is 1. The first-order valence-corrected chi connectivity index (χ1v) is 9.28. The van der Waals surface area contributed by atoms with Crippen LogP contribution in [-0.2, 0) is 6.54 Å². The fourth-order valence-corrected chi connectivity index (χ4v) is 2.76. The summed E-state index contributed by atoms with van der Waals surface area (Å²) in [6.07, 6.45) is 3.27. The second-order valence-corrected chi connectivity index (χ2v) is 6.89. The molecule has 144 valence electrons. The summed E-state index contributed by atoms with van der Waals surface area (Å²) in [4.78, 5) is 16.7. The Morgan fingerprint density at radius 3 is 2.36 bits per heavy atom. The Labute approximate surface area is 165 Å². The Hall–Kier alpha value is -3.34. The van der Waals surface area contributed by atoms with Gasteiger partial charge in [-0.25, -0.2) is 0 Å². The quantitative estimate of drug-likeness (QED) is 0.605. The Bertz CT molecular complexity index is 919. The topological polar surface area (TPSA) is 63.2 Å². The first-order valence-electron chi connectivity index (χ1n) is 9.28. The van der Waals surface area contributed by atoms with Crippen LogP contribution in [0.25, 0.3) is 0 Å². The molecule has 0 saturated heterocycles. The van der Waals surface area contributed by atoms with Gasteiger partial charge in [0.2, 0.25) is 0 Å². The van der Waals surface area contributed by atoms with Crippen molar-refractivity contribution in [2.24, 2.45) is 0 Å². The smallest absolute Gasteiger partial charge is 0.257 e. The van der Waals surface area contributed by atoms with Crippen molar-refractivity contribution >= 4 is 17.3 Å². The van der Waals surface area contributed by atoms with Gasteiger partial charge < -0.3 is 15.4 Å². The Balaban J connectivity index is 1.62. The Morgan fingerprint density at radius 2 is 1.71 bits per heavy atom. The predicted molar refractivity (Wildman–Crippen MR) is 113 cm³/mol. The van der Waals surface area contributed by atoms with Gasteiger partial charge in [0.25, 0.3) is 5.91 Å². The van der Waals surface area contributed by atoms with Crippen LogP contribution >= 0.6 is 0 Å². The van der Waals surface area contributed by atoms with Crippen LogP contribution in [0, 0.1) is 0 Å². The lowest BCUT2D eigenvalue weighted by Crippen LogP contribution is -2.13. The van der Waals surface area contributed by atoms with E-state index >= 15 is 0 Å². The van der Waals surface area contributed by atoms with E-state index in [1.807, 2.05) is 48.5 Å². The SMILES string of the molecule is COc1ccc(CNc2cncc(C(=O)Nc3ccc(C(C)C)cc3)c2)cc1. The number of carbonyl (C=O) groups excluding carboxylic acids is 1. The van der Waals surface area contributed by atoms with Gasteiger partial charge >= 0.3 is 0 Å². The average molecular weight is 375 g/mol. The molecule has 3 rings (SSSR count). The first kappa shape index (κ1) is 19.4. The number of anilines is 2. The molecular formula is C23H25N3O2. The zero-order valence-electron chi connectivity index (χ0n) is 16.4. The molecule has 2 N–H and O–H groups in total. The number of nitrogens with zero attached hydrogens (tertiary/aromatic N) is 1. The minimum atomic E-state index is -0.183. The van der Waals surface area contributed by atoms with Gasteiger partial charge in [-0.3, -0.25) is 9.78 Å². The van der Waals surface area contributed by atoms with Crippen LogP contribution in [0.5, 0.6) is 5.75 Å². The molecule has 0 aliphatic rings. The summed E-state index contributed by atoms with van der Waals surface area (Å²) in [6, 6.07) is 17.5. The van der Waals surface area contributed by atoms with Gasteiger partial charge in [0.15, 0.2) is 0 Å². The molecule has 0 radical (unpaired) electrons. The van der Waals surface area contributed by atoms with E-state index in [-0.39, 0.29) is 5.91 Å². The number of benzene rings is 2. The lowest BCUT2D eigenvalue weighted by atomic mass is 10.0. The molecule has 1 aromatic heterocycles. The monoisotopic (exact) mass is 375 g/mol. The van der Waals surface area contributed by atoms with Crippen LogP contribution in [0.4, 0.5) is 11.4 Å². The summed E-state index contributed by atoms with van der Waals surface area (Å²) >= 11 is 0. The second kappa shape index (κ2) is 9.04. The molecule has 1 amide bonds. The normalized spacial score (nSPS) is 10.6. The minimum Gasteiger partial charge on any atom is -0.497 e. The van der Waals surface area contributed by atoms with Gasteiger partial charge in [0.05, 0.1) is 18.4 Å². The molecule has 0 saturated carbocycles. The van der Waals surface area contributed by atoms with Crippen LogP contribution in [-0.4, -0.2) is 18.0 Å². The zero-order valence-corrected chi connectivity index (χ0v) is 16.4. The van der Waals surface area contributed by atoms with Crippen LogP contribution in [0.2, 0.25) is 0 Å². The second-order valence-electron chi connectivity index (χ2n) is 6.89. The number of amides is 1. The lowest BCUT2D eigenvalue weighted by Gasteiger charge is -2.10. The molecule has 2 aromatic carbocycles. The third kappa shape index (κ3) is 5.10. The molecule has 0 spiro atoms. The fourth-order valence-electron chi connectivity index (χ4n) is 2.76. The number of pyridine rings is 1. The fraction of sp³-hybridized carbons (Fsp3) is 0.217. The highest BCUT2D eigenvalue weighted by molar-refractivity contribution is 6.04. The van der Waals surface area contributed by atoms with E-state index in [9.17, 15) is 4.79 Å². The molecule has 0 aliphatic heterocycles. The van der Waals surface area contributed by atoms with E-state index in [1.165, 1.54) is 5.56 Å². The number of nitrogens with one attached hydrogen (secondary N) is 2. The van der Waals surface area contributed by atoms with Gasteiger partial charge in [-0.05, 0) is 47.4 Å². The van der Waals surface area contributed by atoms with Crippen LogP contribution in [0.3, 0.4) is 0 Å². The summed E-state index contributed by atoms with van der Waals surface area (Å²) in [5.41, 5.74) is 4.42. The van der Waals surface area contributed by atoms with Crippen molar-refractivity contribution in [2.45, 2.75) is 26.3 Å². The maximum atomic E-state index is 12.5. The molecule has 1 heterocycles. The minimum absolute atomic E-state index is 0.183. The van der Waals surface area contributed by atoms with Crippen molar-refractivity contribution in [1.82, 2.24) is 4.98 Å². The number of rotatable bonds is 7. The standard InChI is InChI=1S/C23H25N3O2/c1-16(2)18-6-8-20(9-7-18)26-23(27)19-12-21(15-24-14-19)25-13-17-4-10-22(28-3)11-5-17/h4-12,14-16,25H,13H2,1-3H3,(H,26,27). The summed E-state index contributed by atoms with van der Waals surface area (Å²) in [6.45, 7) is 4.92. The lowest BCUT2D eigenvalue weighted by molar-refractivity contribution is 0.102. The van der Waals surface area contributed by atoms with Crippen LogP contribution in [0.1, 0.15) is 41.3 Å². The van der Waals surface area contributed by atoms with E-state index in [2.05, 4.69) is 29.5 Å². The van der Waals surface area contributed by atoms with Crippen molar-refractivity contribution in [1.29, 1.82) is 0 Å². The highest BCUT2D eigenvalue weighted by atomic mass is 16.5. The van der Waals surface area contributed by atoms with E-state index in [0.29, 0.717) is 18.0 Å². The van der Waals surface area contributed by atoms with Gasteiger partial charge in [-0.15, -0.1) is 0 Å². The molecule has 5 heteroatoms. The summed E-state index contributed by atoms with van der Waals surface area (Å²) in [5, 5.41) is 6.21. The van der Waals surface area contributed by atoms with Gasteiger partial charge in [0.1, 0.15) is 5.75 Å². The molecule has 0 aliphatic carbocycles. The number of aromatic nitrogens is 1. The number of hydrogen-bond donors (Lipinski definition) is 2.